The van der Waals surface area contributed by atoms with E-state index in [0.717, 1.165) is 6.42 Å². The number of amides is 2. The molecule has 0 aromatic carbocycles. The van der Waals surface area contributed by atoms with E-state index in [-0.39, 0.29) is 6.54 Å². The molecule has 1 fully saturated rings. The van der Waals surface area contributed by atoms with E-state index >= 15 is 0 Å². The van der Waals surface area contributed by atoms with Gasteiger partial charge in [-0.3, -0.25) is 9.59 Å². The molecular weight excluding hydrogens is 218 g/mol. The second kappa shape index (κ2) is 7.66. The Morgan fingerprint density at radius 1 is 1.12 bits per heavy atom. The monoisotopic (exact) mass is 237 g/mol. The van der Waals surface area contributed by atoms with Gasteiger partial charge in [0.25, 0.3) is 0 Å². The maximum absolute atomic E-state index is 11.3. The summed E-state index contributed by atoms with van der Waals surface area (Å²) in [6.45, 7) is 0.415. The summed E-state index contributed by atoms with van der Waals surface area (Å²) in [5, 5.41) is 13.0. The van der Waals surface area contributed by atoms with E-state index in [1.165, 1.54) is 32.1 Å². The van der Waals surface area contributed by atoms with Crippen molar-refractivity contribution < 1.29 is 9.59 Å². The number of carbonyl (C=O) groups is 2. The Balaban J connectivity index is 2.10. The molecule has 0 aliphatic heterocycles. The van der Waals surface area contributed by atoms with Crippen molar-refractivity contribution in [3.8, 4) is 6.07 Å². The van der Waals surface area contributed by atoms with E-state index in [1.807, 2.05) is 0 Å². The Labute approximate surface area is 102 Å². The van der Waals surface area contributed by atoms with E-state index < -0.39 is 11.8 Å². The van der Waals surface area contributed by atoms with Gasteiger partial charge in [-0.1, -0.05) is 32.1 Å². The van der Waals surface area contributed by atoms with Gasteiger partial charge in [0.1, 0.15) is 6.54 Å². The van der Waals surface area contributed by atoms with Crippen molar-refractivity contribution in [3.05, 3.63) is 0 Å². The summed E-state index contributed by atoms with van der Waals surface area (Å²) in [5.41, 5.74) is 0. The van der Waals surface area contributed by atoms with Crippen molar-refractivity contribution in [2.75, 3.05) is 13.1 Å². The summed E-state index contributed by atoms with van der Waals surface area (Å²) in [7, 11) is 0. The third-order valence-corrected chi connectivity index (χ3v) is 3.10. The zero-order valence-corrected chi connectivity index (χ0v) is 10.00. The zero-order valence-electron chi connectivity index (χ0n) is 10.00. The van der Waals surface area contributed by atoms with E-state index in [0.29, 0.717) is 12.5 Å². The lowest BCUT2D eigenvalue weighted by Crippen LogP contribution is -2.40. The molecule has 5 nitrogen and oxygen atoms in total. The van der Waals surface area contributed by atoms with Gasteiger partial charge < -0.3 is 10.6 Å². The number of nitriles is 1. The van der Waals surface area contributed by atoms with Gasteiger partial charge >= 0.3 is 11.8 Å². The molecule has 0 aromatic heterocycles. The minimum Gasteiger partial charge on any atom is -0.348 e. The molecule has 0 heterocycles. The molecule has 0 aromatic rings. The molecule has 0 radical (unpaired) electrons. The van der Waals surface area contributed by atoms with Gasteiger partial charge in [-0.25, -0.2) is 0 Å². The largest absolute Gasteiger partial charge is 0.348 e. The summed E-state index contributed by atoms with van der Waals surface area (Å²) in [4.78, 5) is 22.4. The van der Waals surface area contributed by atoms with Gasteiger partial charge in [-0.2, -0.15) is 5.26 Å². The molecule has 0 spiro atoms. The predicted octanol–water partition coefficient (Wildman–Crippen LogP) is 0.713. The minimum absolute atomic E-state index is 0.130. The molecule has 1 saturated carbocycles. The third kappa shape index (κ3) is 5.34. The standard InChI is InChI=1S/C12H19N3O2/c13-7-9-15-12(17)11(16)14-8-6-10-4-2-1-3-5-10/h10H,1-6,8-9H2,(H,14,16)(H,15,17). The van der Waals surface area contributed by atoms with Crippen LogP contribution in [0.15, 0.2) is 0 Å². The van der Waals surface area contributed by atoms with Crippen LogP contribution in [0.4, 0.5) is 0 Å². The highest BCUT2D eigenvalue weighted by molar-refractivity contribution is 6.35. The lowest BCUT2D eigenvalue weighted by atomic mass is 9.87. The number of nitrogens with zero attached hydrogens (tertiary/aromatic N) is 1. The Bertz CT molecular complexity index is 303. The number of carbonyl (C=O) groups excluding carboxylic acids is 2. The molecule has 1 aliphatic rings. The fourth-order valence-corrected chi connectivity index (χ4v) is 2.15. The van der Waals surface area contributed by atoms with Gasteiger partial charge in [0.15, 0.2) is 0 Å². The molecule has 0 saturated heterocycles. The van der Waals surface area contributed by atoms with Crippen LogP contribution >= 0.6 is 0 Å². The maximum atomic E-state index is 11.3. The topological polar surface area (TPSA) is 82.0 Å². The molecule has 94 valence electrons. The normalized spacial score (nSPS) is 15.9. The first-order chi connectivity index (χ1) is 8.24. The smallest absolute Gasteiger partial charge is 0.310 e. The first-order valence-corrected chi connectivity index (χ1v) is 6.17. The van der Waals surface area contributed by atoms with Crippen molar-refractivity contribution >= 4 is 11.8 Å². The molecule has 0 bridgehead atoms. The lowest BCUT2D eigenvalue weighted by Gasteiger charge is -2.21. The van der Waals surface area contributed by atoms with Crippen molar-refractivity contribution in [2.24, 2.45) is 5.92 Å². The van der Waals surface area contributed by atoms with Crippen LogP contribution in [0.1, 0.15) is 38.5 Å². The molecular formula is C12H19N3O2. The van der Waals surface area contributed by atoms with Crippen molar-refractivity contribution in [1.82, 2.24) is 10.6 Å². The molecule has 0 atom stereocenters. The molecule has 1 rings (SSSR count). The average Bonchev–Trinajstić information content (AvgIpc) is 2.37. The van der Waals surface area contributed by atoms with E-state index in [4.69, 9.17) is 5.26 Å². The van der Waals surface area contributed by atoms with Crippen LogP contribution in [0.2, 0.25) is 0 Å². The van der Waals surface area contributed by atoms with E-state index in [2.05, 4.69) is 10.6 Å². The van der Waals surface area contributed by atoms with Crippen molar-refractivity contribution in [2.45, 2.75) is 38.5 Å². The lowest BCUT2D eigenvalue weighted by molar-refractivity contribution is -0.139. The van der Waals surface area contributed by atoms with Crippen LogP contribution in [0, 0.1) is 17.2 Å². The Kier molecular flexibility index (Phi) is 6.08. The second-order valence-corrected chi connectivity index (χ2v) is 4.39. The summed E-state index contributed by atoms with van der Waals surface area (Å²) >= 11 is 0. The van der Waals surface area contributed by atoms with Gasteiger partial charge in [0.05, 0.1) is 6.07 Å². The number of hydrogen-bond donors (Lipinski definition) is 2. The highest BCUT2D eigenvalue weighted by Crippen LogP contribution is 2.25. The van der Waals surface area contributed by atoms with Gasteiger partial charge in [0, 0.05) is 6.54 Å². The van der Waals surface area contributed by atoms with Gasteiger partial charge in [-0.15, -0.1) is 0 Å². The highest BCUT2D eigenvalue weighted by atomic mass is 16.2. The number of nitrogens with one attached hydrogen (secondary N) is 2. The Morgan fingerprint density at radius 3 is 2.41 bits per heavy atom. The van der Waals surface area contributed by atoms with Crippen LogP contribution in [-0.2, 0) is 9.59 Å². The maximum Gasteiger partial charge on any atom is 0.310 e. The number of hydrogen-bond acceptors (Lipinski definition) is 3. The summed E-state index contributed by atoms with van der Waals surface area (Å²) in [6.07, 6.45) is 7.28. The van der Waals surface area contributed by atoms with Gasteiger partial charge in [0.2, 0.25) is 0 Å². The summed E-state index contributed by atoms with van der Waals surface area (Å²) < 4.78 is 0. The second-order valence-electron chi connectivity index (χ2n) is 4.39. The first kappa shape index (κ1) is 13.5. The van der Waals surface area contributed by atoms with Crippen molar-refractivity contribution in [1.29, 1.82) is 5.26 Å². The Hall–Kier alpha value is -1.57. The average molecular weight is 237 g/mol. The molecule has 2 amide bonds. The van der Waals surface area contributed by atoms with Crippen molar-refractivity contribution in [3.63, 3.8) is 0 Å². The van der Waals surface area contributed by atoms with Crippen LogP contribution in [0.25, 0.3) is 0 Å². The number of rotatable bonds is 4. The van der Waals surface area contributed by atoms with Gasteiger partial charge in [-0.05, 0) is 12.3 Å². The molecule has 0 unspecified atom stereocenters. The quantitative estimate of drug-likeness (QED) is 0.558. The molecule has 5 heteroatoms. The molecule has 1 aliphatic carbocycles. The van der Waals surface area contributed by atoms with Crippen LogP contribution in [-0.4, -0.2) is 24.9 Å². The Morgan fingerprint density at radius 2 is 1.76 bits per heavy atom. The predicted molar refractivity (Wildman–Crippen MR) is 62.8 cm³/mol. The minimum atomic E-state index is -0.727. The van der Waals surface area contributed by atoms with Crippen LogP contribution < -0.4 is 10.6 Å². The highest BCUT2D eigenvalue weighted by Gasteiger charge is 2.15. The van der Waals surface area contributed by atoms with Crippen LogP contribution in [0.5, 0.6) is 0 Å². The summed E-state index contributed by atoms with van der Waals surface area (Å²) in [5.74, 6) is -0.683. The van der Waals surface area contributed by atoms with E-state index in [1.54, 1.807) is 6.07 Å². The molecule has 2 N–H and O–H groups in total. The summed E-state index contributed by atoms with van der Waals surface area (Å²) in [6, 6.07) is 1.75. The molecule has 17 heavy (non-hydrogen) atoms. The fourth-order valence-electron chi connectivity index (χ4n) is 2.15. The fraction of sp³-hybridized carbons (Fsp3) is 0.750. The SMILES string of the molecule is N#CCNC(=O)C(=O)NCCC1CCCCC1. The zero-order chi connectivity index (χ0) is 12.5. The van der Waals surface area contributed by atoms with E-state index in [9.17, 15) is 9.59 Å². The first-order valence-electron chi connectivity index (χ1n) is 6.17. The third-order valence-electron chi connectivity index (χ3n) is 3.10. The van der Waals surface area contributed by atoms with Crippen LogP contribution in [0.3, 0.4) is 0 Å².